The molecular weight excluding hydrogens is 146 g/mol. The van der Waals surface area contributed by atoms with Crippen molar-refractivity contribution in [3.8, 4) is 0 Å². The molecule has 0 aliphatic carbocycles. The maximum atomic E-state index is 3.47. The first-order valence-corrected chi connectivity index (χ1v) is 5.18. The smallest absolute Gasteiger partial charge is 0.0201 e. The minimum Gasteiger partial charge on any atom is -0.314 e. The van der Waals surface area contributed by atoms with Crippen molar-refractivity contribution in [2.24, 2.45) is 5.41 Å². The molecule has 74 valence electrons. The molecule has 0 amide bonds. The van der Waals surface area contributed by atoms with E-state index in [1.54, 1.807) is 0 Å². The standard InChI is InChI=1S/C11H25N/c1-7-10(4,8-2)11(5,9-3)12-6/h12H,7-9H2,1-6H3. The molecule has 0 bridgehead atoms. The summed E-state index contributed by atoms with van der Waals surface area (Å²) < 4.78 is 0. The topological polar surface area (TPSA) is 12.0 Å². The van der Waals surface area contributed by atoms with E-state index in [1.165, 1.54) is 19.3 Å². The van der Waals surface area contributed by atoms with Gasteiger partial charge in [0.15, 0.2) is 0 Å². The van der Waals surface area contributed by atoms with E-state index in [0.29, 0.717) is 5.41 Å². The van der Waals surface area contributed by atoms with Crippen molar-refractivity contribution >= 4 is 0 Å². The Morgan fingerprint density at radius 1 is 0.917 bits per heavy atom. The van der Waals surface area contributed by atoms with Crippen molar-refractivity contribution in [3.63, 3.8) is 0 Å². The van der Waals surface area contributed by atoms with Gasteiger partial charge in [0.1, 0.15) is 0 Å². The molecule has 0 heterocycles. The van der Waals surface area contributed by atoms with Gasteiger partial charge in [-0.3, -0.25) is 0 Å². The zero-order valence-corrected chi connectivity index (χ0v) is 9.62. The Labute approximate surface area is 77.9 Å². The molecule has 0 aromatic carbocycles. The normalized spacial score (nSPS) is 17.5. The first-order chi connectivity index (χ1) is 5.49. The van der Waals surface area contributed by atoms with Crippen LogP contribution in [0.1, 0.15) is 53.9 Å². The van der Waals surface area contributed by atoms with E-state index in [-0.39, 0.29) is 5.54 Å². The molecule has 0 aliphatic heterocycles. The third-order valence-corrected chi connectivity index (χ3v) is 4.15. The van der Waals surface area contributed by atoms with Crippen molar-refractivity contribution in [1.29, 1.82) is 0 Å². The minimum absolute atomic E-state index is 0.288. The maximum absolute atomic E-state index is 3.47. The fourth-order valence-electron chi connectivity index (χ4n) is 1.94. The molecule has 0 aliphatic rings. The molecule has 0 saturated carbocycles. The van der Waals surface area contributed by atoms with E-state index in [9.17, 15) is 0 Å². The number of hydrogen-bond acceptors (Lipinski definition) is 1. The van der Waals surface area contributed by atoms with Crippen LogP contribution in [0.2, 0.25) is 0 Å². The summed E-state index contributed by atoms with van der Waals surface area (Å²) in [5.41, 5.74) is 0.715. The molecule has 1 nitrogen and oxygen atoms in total. The van der Waals surface area contributed by atoms with Crippen LogP contribution in [0.4, 0.5) is 0 Å². The summed E-state index contributed by atoms with van der Waals surface area (Å²) in [6, 6.07) is 0. The first kappa shape index (κ1) is 12.0. The minimum atomic E-state index is 0.288. The van der Waals surface area contributed by atoms with Gasteiger partial charge in [0.25, 0.3) is 0 Å². The zero-order valence-electron chi connectivity index (χ0n) is 9.62. The second-order valence-corrected chi connectivity index (χ2v) is 4.20. The predicted octanol–water partition coefficient (Wildman–Crippen LogP) is 3.20. The van der Waals surface area contributed by atoms with Crippen LogP contribution >= 0.6 is 0 Å². The van der Waals surface area contributed by atoms with Gasteiger partial charge in [0.2, 0.25) is 0 Å². The van der Waals surface area contributed by atoms with Crippen LogP contribution in [0.25, 0.3) is 0 Å². The highest BCUT2D eigenvalue weighted by Gasteiger charge is 2.38. The number of rotatable bonds is 5. The second kappa shape index (κ2) is 4.27. The molecule has 0 aromatic rings. The Kier molecular flexibility index (Phi) is 4.25. The summed E-state index contributed by atoms with van der Waals surface area (Å²) >= 11 is 0. The number of hydrogen-bond donors (Lipinski definition) is 1. The van der Waals surface area contributed by atoms with Crippen LogP contribution in [0.3, 0.4) is 0 Å². The fraction of sp³-hybridized carbons (Fsp3) is 1.00. The fourth-order valence-corrected chi connectivity index (χ4v) is 1.94. The Bertz CT molecular complexity index is 105. The lowest BCUT2D eigenvalue weighted by atomic mass is 9.67. The highest BCUT2D eigenvalue weighted by atomic mass is 15.0. The average molecular weight is 171 g/mol. The summed E-state index contributed by atoms with van der Waals surface area (Å²) in [4.78, 5) is 0. The Balaban J connectivity index is 4.66. The molecule has 0 radical (unpaired) electrons. The van der Waals surface area contributed by atoms with Crippen molar-refractivity contribution in [2.45, 2.75) is 59.4 Å². The Morgan fingerprint density at radius 2 is 1.33 bits per heavy atom. The lowest BCUT2D eigenvalue weighted by molar-refractivity contribution is 0.107. The molecule has 1 atom stereocenters. The summed E-state index contributed by atoms with van der Waals surface area (Å²) in [7, 11) is 2.08. The van der Waals surface area contributed by atoms with Crippen molar-refractivity contribution in [3.05, 3.63) is 0 Å². The molecule has 1 unspecified atom stereocenters. The second-order valence-electron chi connectivity index (χ2n) is 4.20. The largest absolute Gasteiger partial charge is 0.314 e. The quantitative estimate of drug-likeness (QED) is 0.670. The summed E-state index contributed by atoms with van der Waals surface area (Å²) in [5.74, 6) is 0. The van der Waals surface area contributed by atoms with Gasteiger partial charge in [-0.1, -0.05) is 27.7 Å². The van der Waals surface area contributed by atoms with Crippen LogP contribution in [0.5, 0.6) is 0 Å². The van der Waals surface area contributed by atoms with Crippen LogP contribution in [0.15, 0.2) is 0 Å². The maximum Gasteiger partial charge on any atom is 0.0201 e. The van der Waals surface area contributed by atoms with Crippen molar-refractivity contribution < 1.29 is 0 Å². The molecule has 0 fully saturated rings. The summed E-state index contributed by atoms with van der Waals surface area (Å²) in [5, 5.41) is 3.47. The first-order valence-electron chi connectivity index (χ1n) is 5.18. The average Bonchev–Trinajstić information content (AvgIpc) is 2.15. The molecule has 12 heavy (non-hydrogen) atoms. The van der Waals surface area contributed by atoms with Gasteiger partial charge in [-0.15, -0.1) is 0 Å². The van der Waals surface area contributed by atoms with E-state index in [2.05, 4.69) is 47.0 Å². The van der Waals surface area contributed by atoms with Gasteiger partial charge in [-0.25, -0.2) is 0 Å². The monoisotopic (exact) mass is 171 g/mol. The predicted molar refractivity (Wildman–Crippen MR) is 56.4 cm³/mol. The molecule has 0 rings (SSSR count). The van der Waals surface area contributed by atoms with Crippen LogP contribution in [-0.2, 0) is 0 Å². The Hall–Kier alpha value is -0.0400. The number of nitrogens with one attached hydrogen (secondary N) is 1. The van der Waals surface area contributed by atoms with Crippen LogP contribution in [-0.4, -0.2) is 12.6 Å². The van der Waals surface area contributed by atoms with Gasteiger partial charge < -0.3 is 5.32 Å². The van der Waals surface area contributed by atoms with E-state index in [1.807, 2.05) is 0 Å². The molecule has 0 aromatic heterocycles. The lowest BCUT2D eigenvalue weighted by Gasteiger charge is -2.45. The lowest BCUT2D eigenvalue weighted by Crippen LogP contribution is -2.52. The van der Waals surface area contributed by atoms with E-state index in [0.717, 1.165) is 0 Å². The molecule has 0 saturated heterocycles. The van der Waals surface area contributed by atoms with Gasteiger partial charge in [0.05, 0.1) is 0 Å². The highest BCUT2D eigenvalue weighted by molar-refractivity contribution is 4.95. The Morgan fingerprint density at radius 3 is 1.42 bits per heavy atom. The zero-order chi connectivity index (χ0) is 9.83. The highest BCUT2D eigenvalue weighted by Crippen LogP contribution is 2.39. The molecule has 0 spiro atoms. The summed E-state index contributed by atoms with van der Waals surface area (Å²) in [6.45, 7) is 11.6. The van der Waals surface area contributed by atoms with Crippen molar-refractivity contribution in [2.75, 3.05) is 7.05 Å². The van der Waals surface area contributed by atoms with Crippen LogP contribution in [0, 0.1) is 5.41 Å². The third kappa shape index (κ3) is 1.82. The van der Waals surface area contributed by atoms with Gasteiger partial charge in [-0.2, -0.15) is 0 Å². The molecule has 1 N–H and O–H groups in total. The van der Waals surface area contributed by atoms with E-state index < -0.39 is 0 Å². The van der Waals surface area contributed by atoms with Crippen LogP contribution < -0.4 is 5.32 Å². The van der Waals surface area contributed by atoms with Crippen molar-refractivity contribution in [1.82, 2.24) is 5.32 Å². The van der Waals surface area contributed by atoms with Gasteiger partial charge >= 0.3 is 0 Å². The van der Waals surface area contributed by atoms with E-state index in [4.69, 9.17) is 0 Å². The SMILES string of the molecule is CCC(C)(CC)C(C)(CC)NC. The summed E-state index contributed by atoms with van der Waals surface area (Å²) in [6.07, 6.45) is 3.69. The molecule has 1 heteroatoms. The van der Waals surface area contributed by atoms with E-state index >= 15 is 0 Å². The third-order valence-electron chi connectivity index (χ3n) is 4.15. The molecular formula is C11H25N. The van der Waals surface area contributed by atoms with Gasteiger partial charge in [0, 0.05) is 5.54 Å². The van der Waals surface area contributed by atoms with Gasteiger partial charge in [-0.05, 0) is 38.6 Å².